The second-order valence-electron chi connectivity index (χ2n) is 8.86. The van der Waals surface area contributed by atoms with Gasteiger partial charge in [-0.3, -0.25) is 14.5 Å². The number of carbonyl (C=O) groups excluding carboxylic acids is 2. The van der Waals surface area contributed by atoms with Crippen molar-refractivity contribution in [2.24, 2.45) is 16.6 Å². The molecule has 2 aliphatic rings. The maximum atomic E-state index is 13.7. The molecule has 0 aromatic heterocycles. The molecule has 2 N–H and O–H groups in total. The molecule has 0 bridgehead atoms. The third-order valence-corrected chi connectivity index (χ3v) is 7.99. The Balaban J connectivity index is 1.70. The van der Waals surface area contributed by atoms with Gasteiger partial charge in [0.15, 0.2) is 23.3 Å². The van der Waals surface area contributed by atoms with Crippen LogP contribution in [0.25, 0.3) is 6.08 Å². The van der Waals surface area contributed by atoms with Crippen molar-refractivity contribution in [3.05, 3.63) is 56.5 Å². The second kappa shape index (κ2) is 12.1. The molecule has 36 heavy (non-hydrogen) atoms. The van der Waals surface area contributed by atoms with Crippen LogP contribution in [0.5, 0.6) is 11.5 Å². The summed E-state index contributed by atoms with van der Waals surface area (Å²) in [7, 11) is 0. The Hall–Kier alpha value is -2.53. The van der Waals surface area contributed by atoms with Gasteiger partial charge in [-0.2, -0.15) is 0 Å². The van der Waals surface area contributed by atoms with Crippen molar-refractivity contribution in [1.82, 2.24) is 4.90 Å². The van der Waals surface area contributed by atoms with Gasteiger partial charge in [0, 0.05) is 6.04 Å². The molecule has 9 heteroatoms. The summed E-state index contributed by atoms with van der Waals surface area (Å²) in [5.74, 6) is 0.803. The summed E-state index contributed by atoms with van der Waals surface area (Å²) >= 11 is 3.55. The largest absolute Gasteiger partial charge is 0.490 e. The van der Waals surface area contributed by atoms with E-state index in [-0.39, 0.29) is 18.6 Å². The maximum absolute atomic E-state index is 13.7. The fourth-order valence-corrected chi connectivity index (χ4v) is 6.35. The van der Waals surface area contributed by atoms with Crippen molar-refractivity contribution in [2.75, 3.05) is 13.2 Å². The normalized spacial score (nSPS) is 22.3. The number of aliphatic imine (C=N–C) groups is 1. The van der Waals surface area contributed by atoms with Crippen molar-refractivity contribution in [3.8, 4) is 11.5 Å². The van der Waals surface area contributed by atoms with Crippen LogP contribution in [0.3, 0.4) is 0 Å². The van der Waals surface area contributed by atoms with E-state index in [1.165, 1.54) is 18.2 Å². The van der Waals surface area contributed by atoms with Crippen LogP contribution >= 0.6 is 34.4 Å². The van der Waals surface area contributed by atoms with Crippen LogP contribution in [-0.4, -0.2) is 41.1 Å². The number of thioether (sulfide) groups is 1. The zero-order chi connectivity index (χ0) is 25.7. The van der Waals surface area contributed by atoms with Crippen LogP contribution in [0.2, 0.25) is 0 Å². The van der Waals surface area contributed by atoms with Gasteiger partial charge < -0.3 is 15.2 Å². The molecule has 7 nitrogen and oxygen atoms in total. The summed E-state index contributed by atoms with van der Waals surface area (Å²) in [5.41, 5.74) is 6.88. The van der Waals surface area contributed by atoms with E-state index in [0.717, 1.165) is 39.3 Å². The molecular weight excluding hydrogens is 589 g/mol. The molecule has 2 aromatic carbocycles. The number of amidine groups is 1. The Morgan fingerprint density at radius 2 is 1.97 bits per heavy atom. The van der Waals surface area contributed by atoms with E-state index >= 15 is 0 Å². The smallest absolute Gasteiger partial charge is 0.267 e. The lowest BCUT2D eigenvalue weighted by molar-refractivity contribution is -0.125. The van der Waals surface area contributed by atoms with Gasteiger partial charge in [0.05, 0.1) is 20.8 Å². The molecule has 0 spiro atoms. The number of benzene rings is 2. The molecule has 1 aliphatic carbocycles. The third-order valence-electron chi connectivity index (χ3n) is 6.20. The van der Waals surface area contributed by atoms with Crippen molar-refractivity contribution >= 4 is 63.1 Å². The number of nitrogens with zero attached hydrogens (tertiary/aromatic N) is 2. The molecule has 0 radical (unpaired) electrons. The van der Waals surface area contributed by atoms with Crippen LogP contribution < -0.4 is 15.2 Å². The molecule has 190 valence electrons. The zero-order valence-electron chi connectivity index (χ0n) is 20.4. The lowest BCUT2D eigenvalue weighted by atomic mass is 9.85. The quantitative estimate of drug-likeness (QED) is 0.301. The highest BCUT2D eigenvalue weighted by atomic mass is 127. The van der Waals surface area contributed by atoms with E-state index in [1.807, 2.05) is 60.4 Å². The first-order valence-electron chi connectivity index (χ1n) is 12.1. The average Bonchev–Trinajstić information content (AvgIpc) is 3.13. The van der Waals surface area contributed by atoms with Crippen LogP contribution in [0.4, 0.5) is 5.69 Å². The second-order valence-corrected chi connectivity index (χ2v) is 11.0. The number of carbonyl (C=O) groups is 2. The Labute approximate surface area is 229 Å². The van der Waals surface area contributed by atoms with Crippen LogP contribution in [0.1, 0.15) is 45.1 Å². The molecule has 1 saturated carbocycles. The topological polar surface area (TPSA) is 94.2 Å². The van der Waals surface area contributed by atoms with Gasteiger partial charge in [-0.05, 0) is 95.9 Å². The summed E-state index contributed by atoms with van der Waals surface area (Å²) in [6.45, 7) is 4.30. The maximum Gasteiger partial charge on any atom is 0.267 e. The van der Waals surface area contributed by atoms with Crippen LogP contribution in [-0.2, 0) is 9.59 Å². The van der Waals surface area contributed by atoms with Gasteiger partial charge in [-0.15, -0.1) is 0 Å². The predicted octanol–water partition coefficient (Wildman–Crippen LogP) is 5.74. The number of nitrogens with two attached hydrogens (primary N) is 1. The summed E-state index contributed by atoms with van der Waals surface area (Å²) in [6, 6.07) is 13.6. The molecule has 0 unspecified atom stereocenters. The first-order valence-corrected chi connectivity index (χ1v) is 14.0. The summed E-state index contributed by atoms with van der Waals surface area (Å²) in [4.78, 5) is 32.4. The molecule has 2 aromatic rings. The molecule has 1 saturated heterocycles. The number of hydrogen-bond donors (Lipinski definition) is 1. The lowest BCUT2D eigenvalue weighted by Crippen LogP contribution is -2.44. The number of halogens is 1. The SMILES string of the molecule is CCOc1cc(/C=C2\SC(=Nc3ccccc3)N([C@@H]3CCCC[C@@H]3C)C2=O)cc(I)c1OCC(N)=O. The Morgan fingerprint density at radius 3 is 2.67 bits per heavy atom. The van der Waals surface area contributed by atoms with E-state index in [9.17, 15) is 9.59 Å². The lowest BCUT2D eigenvalue weighted by Gasteiger charge is -2.35. The molecular formula is C27H30IN3O4S. The fraction of sp³-hybridized carbons (Fsp3) is 0.370. The van der Waals surface area contributed by atoms with E-state index in [0.29, 0.717) is 28.9 Å². The molecule has 2 fully saturated rings. The highest BCUT2D eigenvalue weighted by Gasteiger charge is 2.41. The van der Waals surface area contributed by atoms with Gasteiger partial charge in [0.25, 0.3) is 11.8 Å². The Morgan fingerprint density at radius 1 is 1.22 bits per heavy atom. The fourth-order valence-electron chi connectivity index (χ4n) is 4.52. The van der Waals surface area contributed by atoms with E-state index in [2.05, 4.69) is 29.5 Å². The Kier molecular flexibility index (Phi) is 8.95. The Bertz CT molecular complexity index is 1190. The standard InChI is InChI=1S/C27H30IN3O4S/c1-3-34-22-14-18(13-20(28)25(22)35-16-24(29)32)15-23-26(33)31(21-12-8-7-9-17(21)2)27(36-23)30-19-10-5-4-6-11-19/h4-6,10-11,13-15,17,21H,3,7-9,12,16H2,1-2H3,(H2,29,32)/b23-15-,30-27?/t17-,21+/m0/s1. The van der Waals surface area contributed by atoms with Crippen molar-refractivity contribution in [1.29, 1.82) is 0 Å². The average molecular weight is 620 g/mol. The van der Waals surface area contributed by atoms with Crippen LogP contribution in [0.15, 0.2) is 52.4 Å². The van der Waals surface area contributed by atoms with Gasteiger partial charge in [0.2, 0.25) is 0 Å². The number of para-hydroxylation sites is 1. The first kappa shape index (κ1) is 26.5. The monoisotopic (exact) mass is 619 g/mol. The number of hydrogen-bond acceptors (Lipinski definition) is 6. The summed E-state index contributed by atoms with van der Waals surface area (Å²) in [5, 5.41) is 0.720. The summed E-state index contributed by atoms with van der Waals surface area (Å²) in [6.07, 6.45) is 6.28. The molecule has 2 amide bonds. The summed E-state index contributed by atoms with van der Waals surface area (Å²) < 4.78 is 12.1. The minimum absolute atomic E-state index is 0.0181. The van der Waals surface area contributed by atoms with E-state index in [1.54, 1.807) is 0 Å². The minimum atomic E-state index is -0.560. The zero-order valence-corrected chi connectivity index (χ0v) is 23.4. The van der Waals surface area contributed by atoms with Gasteiger partial charge >= 0.3 is 0 Å². The van der Waals surface area contributed by atoms with E-state index in [4.69, 9.17) is 20.2 Å². The third kappa shape index (κ3) is 6.23. The van der Waals surface area contributed by atoms with Crippen molar-refractivity contribution < 1.29 is 19.1 Å². The predicted molar refractivity (Wildman–Crippen MR) is 152 cm³/mol. The van der Waals surface area contributed by atoms with E-state index < -0.39 is 5.91 Å². The van der Waals surface area contributed by atoms with Crippen LogP contribution in [0, 0.1) is 9.49 Å². The molecule has 1 heterocycles. The molecule has 4 rings (SSSR count). The highest BCUT2D eigenvalue weighted by molar-refractivity contribution is 14.1. The molecule has 2 atom stereocenters. The number of ether oxygens (including phenoxy) is 2. The number of amides is 2. The van der Waals surface area contributed by atoms with Gasteiger partial charge in [-0.25, -0.2) is 4.99 Å². The van der Waals surface area contributed by atoms with Gasteiger partial charge in [-0.1, -0.05) is 38.0 Å². The van der Waals surface area contributed by atoms with Gasteiger partial charge in [0.1, 0.15) is 0 Å². The number of rotatable bonds is 8. The molecule has 1 aliphatic heterocycles. The van der Waals surface area contributed by atoms with Crippen molar-refractivity contribution in [2.45, 2.75) is 45.6 Å². The minimum Gasteiger partial charge on any atom is -0.490 e. The highest BCUT2D eigenvalue weighted by Crippen LogP contribution is 2.41. The number of primary amides is 1. The van der Waals surface area contributed by atoms with Crippen molar-refractivity contribution in [3.63, 3.8) is 0 Å². The first-order chi connectivity index (χ1) is 17.4.